The van der Waals surface area contributed by atoms with Gasteiger partial charge in [-0.2, -0.15) is 0 Å². The minimum absolute atomic E-state index is 0.153. The summed E-state index contributed by atoms with van der Waals surface area (Å²) in [4.78, 5) is 32.6. The molecule has 1 amide bonds. The number of hydrogen-bond acceptors (Lipinski definition) is 5. The lowest BCUT2D eigenvalue weighted by Crippen LogP contribution is -2.40. The van der Waals surface area contributed by atoms with Crippen LogP contribution in [0.15, 0.2) is 45.8 Å². The van der Waals surface area contributed by atoms with Crippen molar-refractivity contribution in [2.24, 2.45) is 0 Å². The molecule has 3 rings (SSSR count). The highest BCUT2D eigenvalue weighted by Crippen LogP contribution is 2.26. The van der Waals surface area contributed by atoms with E-state index in [1.165, 1.54) is 6.26 Å². The van der Waals surface area contributed by atoms with Crippen LogP contribution in [0.25, 0.3) is 10.9 Å². The first-order valence-corrected chi connectivity index (χ1v) is 9.93. The molecule has 7 nitrogen and oxygen atoms in total. The zero-order chi connectivity index (χ0) is 21.0. The predicted octanol–water partition coefficient (Wildman–Crippen LogP) is 3.90. The molecule has 154 valence electrons. The molecule has 0 radical (unpaired) electrons. The second-order valence-corrected chi connectivity index (χ2v) is 7.01. The normalized spacial score (nSPS) is 12.3. The SMILES string of the molecule is CCC(c1nc2cc(Cl)ccc2c(=O)n1CC)N(CCOC)C(=O)c1ccco1. The molecule has 0 saturated heterocycles. The number of ether oxygens (including phenoxy) is 1. The van der Waals surface area contributed by atoms with E-state index in [0.29, 0.717) is 47.9 Å². The van der Waals surface area contributed by atoms with Crippen LogP contribution < -0.4 is 5.56 Å². The van der Waals surface area contributed by atoms with Crippen LogP contribution in [0.4, 0.5) is 0 Å². The third kappa shape index (κ3) is 4.21. The van der Waals surface area contributed by atoms with Gasteiger partial charge in [-0.3, -0.25) is 14.2 Å². The second kappa shape index (κ2) is 9.24. The highest BCUT2D eigenvalue weighted by Gasteiger charge is 2.30. The lowest BCUT2D eigenvalue weighted by atomic mass is 10.1. The van der Waals surface area contributed by atoms with Crippen molar-refractivity contribution in [3.63, 3.8) is 0 Å². The molecule has 1 aromatic carbocycles. The number of methoxy groups -OCH3 is 1. The van der Waals surface area contributed by atoms with Gasteiger partial charge in [-0.1, -0.05) is 18.5 Å². The van der Waals surface area contributed by atoms with Gasteiger partial charge in [0.25, 0.3) is 11.5 Å². The number of fused-ring (bicyclic) bond motifs is 1. The molecule has 0 saturated carbocycles. The largest absolute Gasteiger partial charge is 0.459 e. The summed E-state index contributed by atoms with van der Waals surface area (Å²) in [5, 5.41) is 0.996. The van der Waals surface area contributed by atoms with Gasteiger partial charge in [0.15, 0.2) is 5.76 Å². The van der Waals surface area contributed by atoms with E-state index in [-0.39, 0.29) is 17.2 Å². The third-order valence-corrected chi connectivity index (χ3v) is 5.09. The van der Waals surface area contributed by atoms with Gasteiger partial charge in [-0.15, -0.1) is 0 Å². The summed E-state index contributed by atoms with van der Waals surface area (Å²) in [6, 6.07) is 7.88. The summed E-state index contributed by atoms with van der Waals surface area (Å²) in [6.45, 7) is 4.95. The van der Waals surface area contributed by atoms with Gasteiger partial charge in [0.05, 0.1) is 29.8 Å². The van der Waals surface area contributed by atoms with Crippen LogP contribution in [0.5, 0.6) is 0 Å². The van der Waals surface area contributed by atoms with Crippen molar-refractivity contribution in [3.05, 3.63) is 63.6 Å². The van der Waals surface area contributed by atoms with Crippen molar-refractivity contribution >= 4 is 28.4 Å². The van der Waals surface area contributed by atoms with Crippen molar-refractivity contribution in [3.8, 4) is 0 Å². The molecule has 0 N–H and O–H groups in total. The molecule has 0 spiro atoms. The first-order chi connectivity index (χ1) is 14.0. The van der Waals surface area contributed by atoms with Crippen LogP contribution in [0, 0.1) is 0 Å². The van der Waals surface area contributed by atoms with Crippen molar-refractivity contribution in [1.29, 1.82) is 0 Å². The smallest absolute Gasteiger partial charge is 0.290 e. The zero-order valence-electron chi connectivity index (χ0n) is 16.7. The minimum atomic E-state index is -0.432. The Bertz CT molecular complexity index is 1050. The van der Waals surface area contributed by atoms with Gasteiger partial charge in [0.2, 0.25) is 0 Å². The Morgan fingerprint density at radius 2 is 2.14 bits per heavy atom. The van der Waals surface area contributed by atoms with Crippen LogP contribution >= 0.6 is 11.6 Å². The van der Waals surface area contributed by atoms with Gasteiger partial charge < -0.3 is 14.1 Å². The Balaban J connectivity index is 2.16. The number of hydrogen-bond donors (Lipinski definition) is 0. The van der Waals surface area contributed by atoms with Crippen LogP contribution in [0.2, 0.25) is 5.02 Å². The van der Waals surface area contributed by atoms with E-state index < -0.39 is 6.04 Å². The van der Waals surface area contributed by atoms with E-state index in [2.05, 4.69) is 0 Å². The molecule has 3 aromatic rings. The summed E-state index contributed by atoms with van der Waals surface area (Å²) in [5.74, 6) is 0.474. The van der Waals surface area contributed by atoms with Crippen LogP contribution in [-0.4, -0.2) is 40.6 Å². The van der Waals surface area contributed by atoms with E-state index in [1.807, 2.05) is 13.8 Å². The van der Waals surface area contributed by atoms with Gasteiger partial charge >= 0.3 is 0 Å². The van der Waals surface area contributed by atoms with E-state index in [1.54, 1.807) is 46.9 Å². The molecule has 0 aliphatic heterocycles. The molecule has 29 heavy (non-hydrogen) atoms. The molecular weight excluding hydrogens is 394 g/mol. The maximum atomic E-state index is 13.1. The minimum Gasteiger partial charge on any atom is -0.459 e. The maximum Gasteiger partial charge on any atom is 0.290 e. The molecule has 8 heteroatoms. The summed E-state index contributed by atoms with van der Waals surface area (Å²) >= 11 is 6.12. The first-order valence-electron chi connectivity index (χ1n) is 9.55. The molecule has 0 aliphatic rings. The average Bonchev–Trinajstić information content (AvgIpc) is 3.25. The van der Waals surface area contributed by atoms with Crippen LogP contribution in [0.3, 0.4) is 0 Å². The van der Waals surface area contributed by atoms with Crippen molar-refractivity contribution in [1.82, 2.24) is 14.5 Å². The number of carbonyl (C=O) groups is 1. The van der Waals surface area contributed by atoms with Gasteiger partial charge in [-0.05, 0) is 43.7 Å². The van der Waals surface area contributed by atoms with E-state index in [0.717, 1.165) is 0 Å². The van der Waals surface area contributed by atoms with Crippen LogP contribution in [-0.2, 0) is 11.3 Å². The number of benzene rings is 1. The lowest BCUT2D eigenvalue weighted by Gasteiger charge is -2.31. The summed E-state index contributed by atoms with van der Waals surface area (Å²) < 4.78 is 12.1. The second-order valence-electron chi connectivity index (χ2n) is 6.57. The van der Waals surface area contributed by atoms with Gasteiger partial charge in [-0.25, -0.2) is 4.98 Å². The molecule has 2 aromatic heterocycles. The highest BCUT2D eigenvalue weighted by molar-refractivity contribution is 6.31. The van der Waals surface area contributed by atoms with Gasteiger partial charge in [0.1, 0.15) is 5.82 Å². The fourth-order valence-corrected chi connectivity index (χ4v) is 3.61. The fourth-order valence-electron chi connectivity index (χ4n) is 3.44. The highest BCUT2D eigenvalue weighted by atomic mass is 35.5. The first kappa shape index (κ1) is 21.1. The molecule has 1 unspecified atom stereocenters. The Morgan fingerprint density at radius 1 is 1.34 bits per heavy atom. The lowest BCUT2D eigenvalue weighted by molar-refractivity contribution is 0.0546. The standard InChI is InChI=1S/C21H24ClN3O4/c1-4-17(25(10-12-28-3)21(27)18-7-6-11-29-18)19-23-16-13-14(22)8-9-15(16)20(26)24(19)5-2/h6-9,11,13,17H,4-5,10,12H2,1-3H3. The zero-order valence-corrected chi connectivity index (χ0v) is 17.5. The van der Waals surface area contributed by atoms with Crippen molar-refractivity contribution < 1.29 is 13.9 Å². The summed E-state index contributed by atoms with van der Waals surface area (Å²) in [7, 11) is 1.58. The molecule has 0 bridgehead atoms. The Hall–Kier alpha value is -2.64. The number of furan rings is 1. The Labute approximate surface area is 173 Å². The van der Waals surface area contributed by atoms with E-state index in [9.17, 15) is 9.59 Å². The number of nitrogens with zero attached hydrogens (tertiary/aromatic N) is 3. The van der Waals surface area contributed by atoms with Crippen LogP contribution in [0.1, 0.15) is 42.7 Å². The number of amides is 1. The maximum absolute atomic E-state index is 13.1. The molecule has 0 aliphatic carbocycles. The third-order valence-electron chi connectivity index (χ3n) is 4.85. The predicted molar refractivity (Wildman–Crippen MR) is 111 cm³/mol. The molecule has 0 fully saturated rings. The molecule has 2 heterocycles. The number of carbonyl (C=O) groups excluding carboxylic acids is 1. The molecular formula is C21H24ClN3O4. The number of rotatable bonds is 8. The van der Waals surface area contributed by atoms with Crippen molar-refractivity contribution in [2.75, 3.05) is 20.3 Å². The summed E-state index contributed by atoms with van der Waals surface area (Å²) in [5.41, 5.74) is 0.359. The number of halogens is 1. The number of aromatic nitrogens is 2. The Morgan fingerprint density at radius 3 is 2.76 bits per heavy atom. The Kier molecular flexibility index (Phi) is 6.71. The quantitative estimate of drug-likeness (QED) is 0.555. The summed E-state index contributed by atoms with van der Waals surface area (Å²) in [6.07, 6.45) is 2.02. The van der Waals surface area contributed by atoms with E-state index >= 15 is 0 Å². The average molecular weight is 418 g/mol. The topological polar surface area (TPSA) is 77.6 Å². The molecule has 1 atom stereocenters. The monoisotopic (exact) mass is 417 g/mol. The van der Waals surface area contributed by atoms with E-state index in [4.69, 9.17) is 25.7 Å². The van der Waals surface area contributed by atoms with Gasteiger partial charge in [0, 0.05) is 25.2 Å². The van der Waals surface area contributed by atoms with Crippen molar-refractivity contribution in [2.45, 2.75) is 32.9 Å². The fraction of sp³-hybridized carbons (Fsp3) is 0.381.